The van der Waals surface area contributed by atoms with E-state index in [2.05, 4.69) is 6.58 Å². The number of hydrogen-bond donors (Lipinski definition) is 0. The van der Waals surface area contributed by atoms with Crippen molar-refractivity contribution in [3.8, 4) is 11.5 Å². The molecular formula is C19H26O6. The van der Waals surface area contributed by atoms with Crippen molar-refractivity contribution in [3.05, 3.63) is 36.4 Å². The number of ether oxygens (including phenoxy) is 4. The van der Waals surface area contributed by atoms with Crippen LogP contribution in [0, 0.1) is 0 Å². The van der Waals surface area contributed by atoms with E-state index in [1.165, 1.54) is 0 Å². The van der Waals surface area contributed by atoms with Crippen LogP contribution < -0.4 is 9.47 Å². The van der Waals surface area contributed by atoms with E-state index in [4.69, 9.17) is 18.9 Å². The van der Waals surface area contributed by atoms with E-state index >= 15 is 0 Å². The Morgan fingerprint density at radius 1 is 1.16 bits per heavy atom. The van der Waals surface area contributed by atoms with Gasteiger partial charge in [0.2, 0.25) is 0 Å². The van der Waals surface area contributed by atoms with Gasteiger partial charge in [0, 0.05) is 24.7 Å². The quantitative estimate of drug-likeness (QED) is 0.346. The van der Waals surface area contributed by atoms with Crippen molar-refractivity contribution in [1.29, 1.82) is 0 Å². The summed E-state index contributed by atoms with van der Waals surface area (Å²) in [4.78, 5) is 23.5. The first-order valence-corrected chi connectivity index (χ1v) is 8.34. The lowest BCUT2D eigenvalue weighted by molar-refractivity contribution is -0.140. The van der Waals surface area contributed by atoms with Crippen molar-refractivity contribution >= 4 is 11.9 Å². The normalized spacial score (nSPS) is 11.5. The SMILES string of the molecule is C=C(C)C(=O)OCCC(CC(=O)Oc1cccc(OCC)c1)OCC. The molecule has 0 aliphatic rings. The highest BCUT2D eigenvalue weighted by atomic mass is 16.5. The summed E-state index contributed by atoms with van der Waals surface area (Å²) in [5.41, 5.74) is 0.335. The zero-order valence-corrected chi connectivity index (χ0v) is 15.1. The molecule has 1 rings (SSSR count). The molecule has 0 bridgehead atoms. The predicted molar refractivity (Wildman–Crippen MR) is 93.7 cm³/mol. The molecule has 0 aromatic heterocycles. The minimum Gasteiger partial charge on any atom is -0.494 e. The molecule has 138 valence electrons. The Morgan fingerprint density at radius 2 is 1.88 bits per heavy atom. The zero-order valence-electron chi connectivity index (χ0n) is 15.1. The lowest BCUT2D eigenvalue weighted by atomic mass is 10.2. The minimum atomic E-state index is -0.453. The van der Waals surface area contributed by atoms with Crippen LogP contribution in [0.4, 0.5) is 0 Å². The molecule has 1 aromatic rings. The number of esters is 2. The maximum atomic E-state index is 12.1. The molecule has 0 aliphatic heterocycles. The minimum absolute atomic E-state index is 0.0668. The molecule has 0 radical (unpaired) electrons. The van der Waals surface area contributed by atoms with E-state index in [0.717, 1.165) is 0 Å². The van der Waals surface area contributed by atoms with Crippen LogP contribution in [0.1, 0.15) is 33.6 Å². The molecule has 0 fully saturated rings. The summed E-state index contributed by atoms with van der Waals surface area (Å²) in [5, 5.41) is 0. The molecule has 0 heterocycles. The van der Waals surface area contributed by atoms with E-state index in [1.807, 2.05) is 13.8 Å². The Kier molecular flexibility index (Phi) is 9.32. The number of hydrogen-bond acceptors (Lipinski definition) is 6. The Bertz CT molecular complexity index is 581. The summed E-state index contributed by atoms with van der Waals surface area (Å²) in [5.74, 6) is 0.185. The average molecular weight is 350 g/mol. The molecule has 0 saturated carbocycles. The Labute approximate surface area is 148 Å². The Balaban J connectivity index is 2.50. The van der Waals surface area contributed by atoms with Gasteiger partial charge in [-0.05, 0) is 32.9 Å². The van der Waals surface area contributed by atoms with Crippen molar-refractivity contribution in [3.63, 3.8) is 0 Å². The lowest BCUT2D eigenvalue weighted by Crippen LogP contribution is -2.23. The Morgan fingerprint density at radius 3 is 2.52 bits per heavy atom. The molecule has 6 heteroatoms. The smallest absolute Gasteiger partial charge is 0.333 e. The predicted octanol–water partition coefficient (Wildman–Crippen LogP) is 3.30. The van der Waals surface area contributed by atoms with Gasteiger partial charge in [-0.1, -0.05) is 12.6 Å². The van der Waals surface area contributed by atoms with Crippen molar-refractivity contribution in [1.82, 2.24) is 0 Å². The summed E-state index contributed by atoms with van der Waals surface area (Å²) in [6.45, 7) is 9.95. The highest BCUT2D eigenvalue weighted by molar-refractivity contribution is 5.86. The summed E-state index contributed by atoms with van der Waals surface area (Å²) in [6.07, 6.45) is 0.0867. The van der Waals surface area contributed by atoms with Crippen LogP contribution >= 0.6 is 0 Å². The fourth-order valence-corrected chi connectivity index (χ4v) is 2.04. The molecule has 0 spiro atoms. The summed E-state index contributed by atoms with van der Waals surface area (Å²) >= 11 is 0. The average Bonchev–Trinajstić information content (AvgIpc) is 2.55. The molecule has 0 aliphatic carbocycles. The molecule has 0 amide bonds. The van der Waals surface area contributed by atoms with Crippen LogP contribution in [0.15, 0.2) is 36.4 Å². The third kappa shape index (κ3) is 8.35. The molecule has 25 heavy (non-hydrogen) atoms. The first-order chi connectivity index (χ1) is 12.0. The summed E-state index contributed by atoms with van der Waals surface area (Å²) in [7, 11) is 0. The van der Waals surface area contributed by atoms with Crippen LogP contribution in [0.5, 0.6) is 11.5 Å². The third-order valence-corrected chi connectivity index (χ3v) is 3.17. The van der Waals surface area contributed by atoms with E-state index in [9.17, 15) is 9.59 Å². The largest absolute Gasteiger partial charge is 0.494 e. The van der Waals surface area contributed by atoms with Gasteiger partial charge >= 0.3 is 11.9 Å². The van der Waals surface area contributed by atoms with Gasteiger partial charge in [0.15, 0.2) is 0 Å². The monoisotopic (exact) mass is 350 g/mol. The number of carbonyl (C=O) groups excluding carboxylic acids is 2. The van der Waals surface area contributed by atoms with Crippen LogP contribution in [-0.4, -0.2) is 37.9 Å². The van der Waals surface area contributed by atoms with E-state index in [1.54, 1.807) is 31.2 Å². The molecule has 1 unspecified atom stereocenters. The van der Waals surface area contributed by atoms with E-state index in [-0.39, 0.29) is 19.1 Å². The number of rotatable bonds is 11. The van der Waals surface area contributed by atoms with Gasteiger partial charge in [0.25, 0.3) is 0 Å². The summed E-state index contributed by atoms with van der Waals surface area (Å²) in [6, 6.07) is 6.89. The van der Waals surface area contributed by atoms with Crippen LogP contribution in [-0.2, 0) is 19.1 Å². The summed E-state index contributed by atoms with van der Waals surface area (Å²) < 4.78 is 21.2. The maximum absolute atomic E-state index is 12.1. The van der Waals surface area contributed by atoms with Crippen molar-refractivity contribution in [2.75, 3.05) is 19.8 Å². The van der Waals surface area contributed by atoms with Gasteiger partial charge in [0.05, 0.1) is 25.7 Å². The van der Waals surface area contributed by atoms with Crippen LogP contribution in [0.2, 0.25) is 0 Å². The van der Waals surface area contributed by atoms with Gasteiger partial charge in [-0.2, -0.15) is 0 Å². The zero-order chi connectivity index (χ0) is 18.7. The topological polar surface area (TPSA) is 71.1 Å². The molecule has 1 atom stereocenters. The van der Waals surface area contributed by atoms with Crippen LogP contribution in [0.3, 0.4) is 0 Å². The lowest BCUT2D eigenvalue weighted by Gasteiger charge is -2.16. The van der Waals surface area contributed by atoms with Gasteiger partial charge in [-0.25, -0.2) is 4.79 Å². The molecular weight excluding hydrogens is 324 g/mol. The molecule has 0 saturated heterocycles. The number of carbonyl (C=O) groups is 2. The van der Waals surface area contributed by atoms with E-state index < -0.39 is 11.9 Å². The van der Waals surface area contributed by atoms with Gasteiger partial charge < -0.3 is 18.9 Å². The first kappa shape index (κ1) is 20.7. The molecule has 0 N–H and O–H groups in total. The second kappa shape index (κ2) is 11.3. The van der Waals surface area contributed by atoms with Gasteiger partial charge in [-0.3, -0.25) is 4.79 Å². The fourth-order valence-electron chi connectivity index (χ4n) is 2.04. The Hall–Kier alpha value is -2.34. The molecule has 1 aromatic carbocycles. The maximum Gasteiger partial charge on any atom is 0.333 e. The van der Waals surface area contributed by atoms with Crippen LogP contribution in [0.25, 0.3) is 0 Å². The standard InChI is InChI=1S/C19H26O6/c1-5-22-15-8-7-9-17(12-15)25-18(20)13-16(23-6-2)10-11-24-19(21)14(3)4/h7-9,12,16H,3,5-6,10-11,13H2,1-2,4H3. The van der Waals surface area contributed by atoms with Crippen molar-refractivity contribution in [2.45, 2.75) is 39.7 Å². The highest BCUT2D eigenvalue weighted by Crippen LogP contribution is 2.20. The second-order valence-corrected chi connectivity index (χ2v) is 5.37. The second-order valence-electron chi connectivity index (χ2n) is 5.37. The third-order valence-electron chi connectivity index (χ3n) is 3.17. The van der Waals surface area contributed by atoms with Crippen molar-refractivity contribution < 1.29 is 28.5 Å². The van der Waals surface area contributed by atoms with Crippen molar-refractivity contribution in [2.24, 2.45) is 0 Å². The fraction of sp³-hybridized carbons (Fsp3) is 0.474. The van der Waals surface area contributed by atoms with Gasteiger partial charge in [-0.15, -0.1) is 0 Å². The van der Waals surface area contributed by atoms with Gasteiger partial charge in [0.1, 0.15) is 11.5 Å². The first-order valence-electron chi connectivity index (χ1n) is 8.34. The highest BCUT2D eigenvalue weighted by Gasteiger charge is 2.17. The van der Waals surface area contributed by atoms with E-state index in [0.29, 0.717) is 36.7 Å². The number of benzene rings is 1. The molecule has 6 nitrogen and oxygen atoms in total.